The predicted molar refractivity (Wildman–Crippen MR) is 89.8 cm³/mol. The summed E-state index contributed by atoms with van der Waals surface area (Å²) < 4.78 is 18.0. The second-order valence-electron chi connectivity index (χ2n) is 6.41. The van der Waals surface area contributed by atoms with Gasteiger partial charge >= 0.3 is 6.09 Å². The van der Waals surface area contributed by atoms with Crippen LogP contribution < -0.4 is 0 Å². The van der Waals surface area contributed by atoms with Gasteiger partial charge in [-0.1, -0.05) is 11.6 Å². The van der Waals surface area contributed by atoms with Crippen LogP contribution in [0.2, 0.25) is 4.47 Å². The lowest BCUT2D eigenvalue weighted by Gasteiger charge is -2.24. The molecule has 8 heteroatoms. The molecule has 2 atom stereocenters. The van der Waals surface area contributed by atoms with Crippen LogP contribution in [-0.4, -0.2) is 44.6 Å². The van der Waals surface area contributed by atoms with Crippen molar-refractivity contribution in [2.24, 2.45) is 5.92 Å². The number of carbonyl (C=O) groups excluding carboxylic acids is 1. The van der Waals surface area contributed by atoms with E-state index in [2.05, 4.69) is 4.98 Å². The van der Waals surface area contributed by atoms with Crippen molar-refractivity contribution in [2.75, 3.05) is 18.8 Å². The third kappa shape index (κ3) is 5.52. The summed E-state index contributed by atoms with van der Waals surface area (Å²) in [5.41, 5.74) is -0.483. The van der Waals surface area contributed by atoms with Crippen LogP contribution in [0.15, 0.2) is 6.20 Å². The monoisotopic (exact) mass is 364 g/mol. The molecule has 1 aliphatic rings. The number of hydrogen-bond acceptors (Lipinski definition) is 5. The summed E-state index contributed by atoms with van der Waals surface area (Å²) in [6.07, 6.45) is 2.26. The Morgan fingerprint density at radius 3 is 2.91 bits per heavy atom. The van der Waals surface area contributed by atoms with E-state index in [0.717, 1.165) is 11.3 Å². The summed E-state index contributed by atoms with van der Waals surface area (Å²) in [7, 11) is -0.962. The Bertz CT molecular complexity index is 557. The van der Waals surface area contributed by atoms with Crippen molar-refractivity contribution in [1.29, 1.82) is 0 Å². The molecule has 0 radical (unpaired) electrons. The number of likely N-dealkylation sites (tertiary alicyclic amines) is 1. The lowest BCUT2D eigenvalue weighted by molar-refractivity contribution is 0.0289. The van der Waals surface area contributed by atoms with Gasteiger partial charge in [-0.3, -0.25) is 4.21 Å². The van der Waals surface area contributed by atoms with E-state index in [0.29, 0.717) is 29.1 Å². The lowest BCUT2D eigenvalue weighted by atomic mass is 10.2. The van der Waals surface area contributed by atoms with Crippen LogP contribution in [0.5, 0.6) is 0 Å². The number of ether oxygens (including phenoxy) is 1. The first-order valence-electron chi connectivity index (χ1n) is 7.16. The van der Waals surface area contributed by atoms with Gasteiger partial charge in [0.1, 0.15) is 5.60 Å². The first kappa shape index (κ1) is 17.7. The normalized spacial score (nSPS) is 20.2. The molecule has 1 aliphatic heterocycles. The molecule has 0 N–H and O–H groups in total. The highest BCUT2D eigenvalue weighted by Crippen LogP contribution is 2.23. The minimum atomic E-state index is -0.962. The van der Waals surface area contributed by atoms with E-state index in [9.17, 15) is 9.00 Å². The molecule has 1 aromatic heterocycles. The SMILES string of the molecule is CC(C)(C)OC(=O)N1CC[C@H](C[S@](=O)Cc2cnc(Cl)s2)C1. The number of nitrogens with zero attached hydrogens (tertiary/aromatic N) is 2. The number of thiazole rings is 1. The Labute approximate surface area is 142 Å². The van der Waals surface area contributed by atoms with Crippen LogP contribution in [0.3, 0.4) is 0 Å². The fourth-order valence-corrected chi connectivity index (χ4v) is 5.00. The molecule has 0 saturated carbocycles. The van der Waals surface area contributed by atoms with Crippen LogP contribution >= 0.6 is 22.9 Å². The van der Waals surface area contributed by atoms with E-state index in [4.69, 9.17) is 16.3 Å². The van der Waals surface area contributed by atoms with E-state index in [-0.39, 0.29) is 12.0 Å². The lowest BCUT2D eigenvalue weighted by Crippen LogP contribution is -2.35. The molecule has 2 heterocycles. The third-order valence-corrected chi connectivity index (χ3v) is 5.96. The highest BCUT2D eigenvalue weighted by Gasteiger charge is 2.30. The van der Waals surface area contributed by atoms with Crippen LogP contribution in [0, 0.1) is 5.92 Å². The van der Waals surface area contributed by atoms with Crippen molar-refractivity contribution in [1.82, 2.24) is 9.88 Å². The fourth-order valence-electron chi connectivity index (χ4n) is 2.29. The van der Waals surface area contributed by atoms with Crippen molar-refractivity contribution in [3.05, 3.63) is 15.5 Å². The Hall–Kier alpha value is -0.660. The Balaban J connectivity index is 1.78. The molecule has 1 fully saturated rings. The molecule has 0 aliphatic carbocycles. The summed E-state index contributed by atoms with van der Waals surface area (Å²) >= 11 is 7.13. The zero-order chi connectivity index (χ0) is 16.3. The quantitative estimate of drug-likeness (QED) is 0.822. The van der Waals surface area contributed by atoms with Crippen LogP contribution in [0.1, 0.15) is 32.1 Å². The average molecular weight is 365 g/mol. The Kier molecular flexibility index (Phi) is 5.85. The van der Waals surface area contributed by atoms with E-state index in [1.54, 1.807) is 11.1 Å². The summed E-state index contributed by atoms with van der Waals surface area (Å²) in [5, 5.41) is 0. The Morgan fingerprint density at radius 2 is 2.32 bits per heavy atom. The summed E-state index contributed by atoms with van der Waals surface area (Å²) in [6.45, 7) is 6.85. The zero-order valence-corrected chi connectivity index (χ0v) is 15.4. The minimum Gasteiger partial charge on any atom is -0.444 e. The molecule has 1 aromatic rings. The van der Waals surface area contributed by atoms with Gasteiger partial charge in [0.15, 0.2) is 4.47 Å². The van der Waals surface area contributed by atoms with Gasteiger partial charge in [-0.15, -0.1) is 11.3 Å². The number of rotatable bonds is 4. The molecule has 1 amide bonds. The first-order chi connectivity index (χ1) is 10.2. The van der Waals surface area contributed by atoms with E-state index >= 15 is 0 Å². The van der Waals surface area contributed by atoms with Gasteiger partial charge in [-0.2, -0.15) is 0 Å². The third-order valence-electron chi connectivity index (χ3n) is 3.19. The molecular weight excluding hydrogens is 344 g/mol. The smallest absolute Gasteiger partial charge is 0.410 e. The summed E-state index contributed by atoms with van der Waals surface area (Å²) in [4.78, 5) is 18.6. The molecule has 1 saturated heterocycles. The number of carbonyl (C=O) groups is 1. The number of aromatic nitrogens is 1. The maximum absolute atomic E-state index is 12.2. The van der Waals surface area contributed by atoms with Gasteiger partial charge in [0, 0.05) is 40.7 Å². The van der Waals surface area contributed by atoms with Gasteiger partial charge in [0.05, 0.1) is 5.75 Å². The first-order valence-corrected chi connectivity index (χ1v) is 9.84. The van der Waals surface area contributed by atoms with Gasteiger partial charge in [-0.25, -0.2) is 9.78 Å². The summed E-state index contributed by atoms with van der Waals surface area (Å²) in [5.74, 6) is 1.33. The minimum absolute atomic E-state index is 0.261. The summed E-state index contributed by atoms with van der Waals surface area (Å²) in [6, 6.07) is 0. The molecule has 0 spiro atoms. The molecule has 0 aromatic carbocycles. The molecule has 0 unspecified atom stereocenters. The van der Waals surface area contributed by atoms with E-state index in [1.807, 2.05) is 20.8 Å². The highest BCUT2D eigenvalue weighted by molar-refractivity contribution is 7.84. The zero-order valence-electron chi connectivity index (χ0n) is 13.0. The topological polar surface area (TPSA) is 59.5 Å². The van der Waals surface area contributed by atoms with Crippen LogP contribution in [-0.2, 0) is 21.3 Å². The molecule has 22 heavy (non-hydrogen) atoms. The molecule has 0 bridgehead atoms. The fraction of sp³-hybridized carbons (Fsp3) is 0.714. The van der Waals surface area contributed by atoms with Gasteiger partial charge in [-0.05, 0) is 33.1 Å². The van der Waals surface area contributed by atoms with Crippen LogP contribution in [0.25, 0.3) is 0 Å². The predicted octanol–water partition coefficient (Wildman–Crippen LogP) is 3.30. The van der Waals surface area contributed by atoms with Crippen molar-refractivity contribution >= 4 is 39.8 Å². The molecule has 2 rings (SSSR count). The highest BCUT2D eigenvalue weighted by atomic mass is 35.5. The average Bonchev–Trinajstić information content (AvgIpc) is 2.96. The number of hydrogen-bond donors (Lipinski definition) is 0. The van der Waals surface area contributed by atoms with Crippen molar-refractivity contribution < 1.29 is 13.7 Å². The molecule has 5 nitrogen and oxygen atoms in total. The second-order valence-corrected chi connectivity index (χ2v) is 9.61. The van der Waals surface area contributed by atoms with Gasteiger partial charge in [0.2, 0.25) is 0 Å². The standard InChI is InChI=1S/C14H21ClN2O3S2/c1-14(2,3)20-13(18)17-5-4-10(7-17)8-22(19)9-11-6-16-12(15)21-11/h6,10H,4-5,7-9H2,1-3H3/t10-,22-/m0/s1. The maximum atomic E-state index is 12.2. The van der Waals surface area contributed by atoms with E-state index in [1.165, 1.54) is 11.3 Å². The molecular formula is C14H21ClN2O3S2. The maximum Gasteiger partial charge on any atom is 0.410 e. The Morgan fingerprint density at radius 1 is 1.59 bits per heavy atom. The van der Waals surface area contributed by atoms with Gasteiger partial charge in [0.25, 0.3) is 0 Å². The van der Waals surface area contributed by atoms with Crippen molar-refractivity contribution in [3.63, 3.8) is 0 Å². The largest absolute Gasteiger partial charge is 0.444 e. The van der Waals surface area contributed by atoms with Crippen molar-refractivity contribution in [3.8, 4) is 0 Å². The second kappa shape index (κ2) is 7.27. The van der Waals surface area contributed by atoms with E-state index < -0.39 is 16.4 Å². The number of amides is 1. The van der Waals surface area contributed by atoms with Crippen LogP contribution in [0.4, 0.5) is 4.79 Å². The number of halogens is 1. The molecule has 124 valence electrons. The van der Waals surface area contributed by atoms with Crippen molar-refractivity contribution in [2.45, 2.75) is 38.5 Å². The van der Waals surface area contributed by atoms with Gasteiger partial charge < -0.3 is 9.64 Å².